The third-order valence-corrected chi connectivity index (χ3v) is 3.62. The first kappa shape index (κ1) is 14.7. The molecule has 1 N–H and O–H groups in total. The number of aromatic nitrogens is 3. The zero-order valence-electron chi connectivity index (χ0n) is 12.6. The molecular weight excluding hydrogens is 248 g/mol. The molecule has 0 amide bonds. The highest BCUT2D eigenvalue weighted by Gasteiger charge is 2.07. The van der Waals surface area contributed by atoms with Gasteiger partial charge >= 0.3 is 0 Å². The quantitative estimate of drug-likeness (QED) is 0.842. The van der Waals surface area contributed by atoms with Gasteiger partial charge in [-0.25, -0.2) is 0 Å². The van der Waals surface area contributed by atoms with Crippen molar-refractivity contribution in [3.63, 3.8) is 0 Å². The fourth-order valence-corrected chi connectivity index (χ4v) is 2.30. The Bertz CT molecular complexity index is 516. The monoisotopic (exact) mass is 272 g/mol. The van der Waals surface area contributed by atoms with E-state index in [1.54, 1.807) is 6.33 Å². The number of hydrogen-bond donors (Lipinski definition) is 1. The Morgan fingerprint density at radius 3 is 2.60 bits per heavy atom. The van der Waals surface area contributed by atoms with Crippen LogP contribution in [-0.4, -0.2) is 14.8 Å². The summed E-state index contributed by atoms with van der Waals surface area (Å²) in [5, 5.41) is 11.6. The number of nitrogens with zero attached hydrogens (tertiary/aromatic N) is 3. The first-order valence-electron chi connectivity index (χ1n) is 7.43. The van der Waals surface area contributed by atoms with Crippen molar-refractivity contribution < 1.29 is 0 Å². The molecular formula is C16H24N4. The number of rotatable bonds is 7. The van der Waals surface area contributed by atoms with Crippen molar-refractivity contribution in [2.24, 2.45) is 0 Å². The van der Waals surface area contributed by atoms with E-state index >= 15 is 0 Å². The van der Waals surface area contributed by atoms with E-state index in [1.807, 2.05) is 0 Å². The zero-order valence-corrected chi connectivity index (χ0v) is 12.6. The zero-order chi connectivity index (χ0) is 14.4. The molecule has 0 aliphatic rings. The second kappa shape index (κ2) is 7.20. The van der Waals surface area contributed by atoms with Crippen LogP contribution in [0.3, 0.4) is 0 Å². The Morgan fingerprint density at radius 1 is 1.20 bits per heavy atom. The van der Waals surface area contributed by atoms with Crippen LogP contribution >= 0.6 is 0 Å². The number of aryl methyl sites for hydroxylation is 2. The molecule has 4 nitrogen and oxygen atoms in total. The maximum Gasteiger partial charge on any atom is 0.146 e. The van der Waals surface area contributed by atoms with Crippen molar-refractivity contribution in [3.8, 4) is 0 Å². The Hall–Kier alpha value is -1.68. The summed E-state index contributed by atoms with van der Waals surface area (Å²) in [4.78, 5) is 0. The Kier molecular flexibility index (Phi) is 5.30. The van der Waals surface area contributed by atoms with Gasteiger partial charge in [-0.05, 0) is 31.4 Å². The van der Waals surface area contributed by atoms with Crippen LogP contribution < -0.4 is 5.32 Å². The SMILES string of the molecule is CCCc1ccc(C(C)NCc2nncn2CC)cc1. The third kappa shape index (κ3) is 3.67. The largest absolute Gasteiger partial charge is 0.317 e. The molecule has 4 heteroatoms. The van der Waals surface area contributed by atoms with E-state index in [4.69, 9.17) is 0 Å². The molecule has 1 unspecified atom stereocenters. The molecule has 0 saturated heterocycles. The maximum absolute atomic E-state index is 4.14. The number of benzene rings is 1. The normalized spacial score (nSPS) is 12.6. The van der Waals surface area contributed by atoms with Crippen LogP contribution in [0.5, 0.6) is 0 Å². The van der Waals surface area contributed by atoms with Crippen LogP contribution in [-0.2, 0) is 19.5 Å². The lowest BCUT2D eigenvalue weighted by Gasteiger charge is -2.14. The predicted molar refractivity (Wildman–Crippen MR) is 81.4 cm³/mol. The van der Waals surface area contributed by atoms with Crippen LogP contribution in [0.2, 0.25) is 0 Å². The minimum Gasteiger partial charge on any atom is -0.317 e. The van der Waals surface area contributed by atoms with E-state index in [0.29, 0.717) is 6.04 Å². The molecule has 2 rings (SSSR count). The summed E-state index contributed by atoms with van der Waals surface area (Å²) in [6, 6.07) is 9.20. The van der Waals surface area contributed by atoms with Gasteiger partial charge in [0.15, 0.2) is 0 Å². The molecule has 1 atom stereocenters. The minimum absolute atomic E-state index is 0.313. The minimum atomic E-state index is 0.313. The molecule has 1 aromatic heterocycles. The fourth-order valence-electron chi connectivity index (χ4n) is 2.30. The van der Waals surface area contributed by atoms with Crippen LogP contribution in [0.15, 0.2) is 30.6 Å². The van der Waals surface area contributed by atoms with Gasteiger partial charge in [0.25, 0.3) is 0 Å². The molecule has 0 saturated carbocycles. The van der Waals surface area contributed by atoms with E-state index in [-0.39, 0.29) is 0 Å². The van der Waals surface area contributed by atoms with Gasteiger partial charge in [0, 0.05) is 12.6 Å². The lowest BCUT2D eigenvalue weighted by atomic mass is 10.0. The first-order valence-corrected chi connectivity index (χ1v) is 7.43. The molecule has 0 bridgehead atoms. The van der Waals surface area contributed by atoms with Gasteiger partial charge < -0.3 is 9.88 Å². The lowest BCUT2D eigenvalue weighted by molar-refractivity contribution is 0.539. The van der Waals surface area contributed by atoms with E-state index in [0.717, 1.165) is 25.3 Å². The van der Waals surface area contributed by atoms with Crippen molar-refractivity contribution in [2.75, 3.05) is 0 Å². The topological polar surface area (TPSA) is 42.7 Å². The highest BCUT2D eigenvalue weighted by Crippen LogP contribution is 2.14. The second-order valence-corrected chi connectivity index (χ2v) is 5.13. The molecule has 108 valence electrons. The summed E-state index contributed by atoms with van der Waals surface area (Å²) in [7, 11) is 0. The van der Waals surface area contributed by atoms with Gasteiger partial charge in [-0.1, -0.05) is 37.6 Å². The van der Waals surface area contributed by atoms with Gasteiger partial charge in [-0.15, -0.1) is 10.2 Å². The highest BCUT2D eigenvalue weighted by atomic mass is 15.3. The van der Waals surface area contributed by atoms with Gasteiger partial charge in [0.05, 0.1) is 6.54 Å². The van der Waals surface area contributed by atoms with Crippen molar-refractivity contribution in [3.05, 3.63) is 47.5 Å². The van der Waals surface area contributed by atoms with Gasteiger partial charge in [0.2, 0.25) is 0 Å². The van der Waals surface area contributed by atoms with Gasteiger partial charge in [0.1, 0.15) is 12.2 Å². The second-order valence-electron chi connectivity index (χ2n) is 5.13. The number of nitrogens with one attached hydrogen (secondary N) is 1. The van der Waals surface area contributed by atoms with E-state index < -0.39 is 0 Å². The van der Waals surface area contributed by atoms with E-state index in [9.17, 15) is 0 Å². The summed E-state index contributed by atoms with van der Waals surface area (Å²) in [5.74, 6) is 0.988. The van der Waals surface area contributed by atoms with E-state index in [2.05, 4.69) is 65.1 Å². The Labute approximate surface area is 121 Å². The molecule has 20 heavy (non-hydrogen) atoms. The predicted octanol–water partition coefficient (Wildman–Crippen LogP) is 3.10. The van der Waals surface area contributed by atoms with Crippen molar-refractivity contribution in [1.82, 2.24) is 20.1 Å². The Balaban J connectivity index is 1.92. The van der Waals surface area contributed by atoms with Crippen molar-refractivity contribution in [2.45, 2.75) is 52.7 Å². The average Bonchev–Trinajstić information content (AvgIpc) is 2.93. The van der Waals surface area contributed by atoms with Gasteiger partial charge in [-0.2, -0.15) is 0 Å². The molecule has 2 aromatic rings. The Morgan fingerprint density at radius 2 is 1.95 bits per heavy atom. The standard InChI is InChI=1S/C16H24N4/c1-4-6-14-7-9-15(10-8-14)13(3)17-11-16-19-18-12-20(16)5-2/h7-10,12-13,17H,4-6,11H2,1-3H3. The third-order valence-electron chi connectivity index (χ3n) is 3.62. The summed E-state index contributed by atoms with van der Waals surface area (Å²) < 4.78 is 2.06. The first-order chi connectivity index (χ1) is 9.74. The summed E-state index contributed by atoms with van der Waals surface area (Å²) >= 11 is 0. The van der Waals surface area contributed by atoms with E-state index in [1.165, 1.54) is 17.5 Å². The van der Waals surface area contributed by atoms with Crippen LogP contribution in [0.25, 0.3) is 0 Å². The summed E-state index contributed by atoms with van der Waals surface area (Å²) in [6.45, 7) is 8.14. The van der Waals surface area contributed by atoms with Crippen LogP contribution in [0, 0.1) is 0 Å². The van der Waals surface area contributed by atoms with Crippen molar-refractivity contribution in [1.29, 1.82) is 0 Å². The lowest BCUT2D eigenvalue weighted by Crippen LogP contribution is -2.20. The average molecular weight is 272 g/mol. The molecule has 1 aromatic carbocycles. The molecule has 0 aliphatic carbocycles. The summed E-state index contributed by atoms with van der Waals surface area (Å²) in [6.07, 6.45) is 4.13. The van der Waals surface area contributed by atoms with Crippen LogP contribution in [0.4, 0.5) is 0 Å². The summed E-state index contributed by atoms with van der Waals surface area (Å²) in [5.41, 5.74) is 2.72. The number of hydrogen-bond acceptors (Lipinski definition) is 3. The maximum atomic E-state index is 4.14. The smallest absolute Gasteiger partial charge is 0.146 e. The molecule has 0 fully saturated rings. The highest BCUT2D eigenvalue weighted by molar-refractivity contribution is 5.24. The van der Waals surface area contributed by atoms with Gasteiger partial charge in [-0.3, -0.25) is 0 Å². The fraction of sp³-hybridized carbons (Fsp3) is 0.500. The van der Waals surface area contributed by atoms with Crippen molar-refractivity contribution >= 4 is 0 Å². The van der Waals surface area contributed by atoms with Crippen LogP contribution in [0.1, 0.15) is 50.2 Å². The molecule has 0 spiro atoms. The molecule has 0 aliphatic heterocycles. The molecule has 1 heterocycles. The molecule has 0 radical (unpaired) electrons.